The molecule has 1 aromatic rings. The average Bonchev–Trinajstić information content (AvgIpc) is 2.39. The molecule has 1 aromatic heterocycles. The maximum absolute atomic E-state index is 11.9. The summed E-state index contributed by atoms with van der Waals surface area (Å²) in [7, 11) is 0. The Morgan fingerprint density at radius 1 is 1.17 bits per heavy atom. The topological polar surface area (TPSA) is 39.2 Å². The Balaban J connectivity index is 2.38. The lowest BCUT2D eigenvalue weighted by atomic mass is 10.1. The van der Waals surface area contributed by atoms with Gasteiger partial charge in [0, 0.05) is 18.2 Å². The Labute approximate surface area is 110 Å². The monoisotopic (exact) mass is 249 g/mol. The molecule has 18 heavy (non-hydrogen) atoms. The number of ketones is 1. The summed E-state index contributed by atoms with van der Waals surface area (Å²) in [6.07, 6.45) is 9.69. The fourth-order valence-corrected chi connectivity index (χ4v) is 1.85. The van der Waals surface area contributed by atoms with Crippen LogP contribution < -0.4 is 4.74 Å². The van der Waals surface area contributed by atoms with E-state index in [1.54, 1.807) is 18.5 Å². The highest BCUT2D eigenvalue weighted by Crippen LogP contribution is 2.14. The van der Waals surface area contributed by atoms with E-state index in [-0.39, 0.29) is 5.78 Å². The van der Waals surface area contributed by atoms with Gasteiger partial charge in [-0.3, -0.25) is 9.78 Å². The first-order chi connectivity index (χ1) is 8.77. The highest BCUT2D eigenvalue weighted by Gasteiger charge is 2.07. The Bertz CT molecular complexity index is 363. The number of hydrogen-bond acceptors (Lipinski definition) is 3. The molecule has 0 fully saturated rings. The number of aromatic nitrogens is 1. The minimum Gasteiger partial charge on any atom is -0.492 e. The van der Waals surface area contributed by atoms with Crippen LogP contribution >= 0.6 is 0 Å². The smallest absolute Gasteiger partial charge is 0.164 e. The number of Topliss-reactive ketones (excluding diaryl/α,β-unsaturated/α-hetero) is 1. The first-order valence-electron chi connectivity index (χ1n) is 6.89. The third-order valence-electron chi connectivity index (χ3n) is 2.85. The van der Waals surface area contributed by atoms with Crippen LogP contribution in [0.5, 0.6) is 5.75 Å². The van der Waals surface area contributed by atoms with E-state index < -0.39 is 0 Å². The van der Waals surface area contributed by atoms with Crippen LogP contribution in [0.15, 0.2) is 18.5 Å². The molecule has 0 amide bonds. The average molecular weight is 249 g/mol. The molecule has 0 unspecified atom stereocenters. The molecular weight excluding hydrogens is 226 g/mol. The molecule has 0 saturated carbocycles. The number of unbranched alkanes of at least 4 members (excludes halogenated alkanes) is 4. The molecule has 0 N–H and O–H groups in total. The first-order valence-corrected chi connectivity index (χ1v) is 6.89. The molecule has 3 nitrogen and oxygen atoms in total. The summed E-state index contributed by atoms with van der Waals surface area (Å²) < 4.78 is 5.34. The number of carbonyl (C=O) groups excluding carboxylic acids is 1. The van der Waals surface area contributed by atoms with Crippen molar-refractivity contribution in [3.63, 3.8) is 0 Å². The van der Waals surface area contributed by atoms with Crippen molar-refractivity contribution in [2.24, 2.45) is 0 Å². The molecule has 0 saturated heterocycles. The molecule has 1 heterocycles. The Hall–Kier alpha value is -1.38. The van der Waals surface area contributed by atoms with Crippen molar-refractivity contribution in [3.8, 4) is 5.75 Å². The molecule has 0 aromatic carbocycles. The van der Waals surface area contributed by atoms with E-state index in [0.29, 0.717) is 24.3 Å². The minimum atomic E-state index is 0.167. The van der Waals surface area contributed by atoms with Crippen molar-refractivity contribution >= 4 is 5.78 Å². The van der Waals surface area contributed by atoms with Crippen molar-refractivity contribution in [1.82, 2.24) is 4.98 Å². The van der Waals surface area contributed by atoms with Gasteiger partial charge in [0.15, 0.2) is 5.78 Å². The van der Waals surface area contributed by atoms with Gasteiger partial charge in [-0.15, -0.1) is 0 Å². The Morgan fingerprint density at radius 2 is 1.94 bits per heavy atom. The lowest BCUT2D eigenvalue weighted by Crippen LogP contribution is -2.01. The zero-order chi connectivity index (χ0) is 13.2. The second-order valence-corrected chi connectivity index (χ2v) is 4.43. The van der Waals surface area contributed by atoms with Crippen LogP contribution in [0.25, 0.3) is 0 Å². The molecule has 0 spiro atoms. The summed E-state index contributed by atoms with van der Waals surface area (Å²) >= 11 is 0. The predicted molar refractivity (Wildman–Crippen MR) is 73.1 cm³/mol. The summed E-state index contributed by atoms with van der Waals surface area (Å²) in [6, 6.07) is 1.78. The standard InChI is InChI=1S/C15H23NO2/c1-3-5-6-7-8-9-15(17)13-10-14(18-4-2)12-16-11-13/h10-12H,3-9H2,1-2H3. The molecule has 1 rings (SSSR count). The van der Waals surface area contributed by atoms with Gasteiger partial charge in [0.1, 0.15) is 5.75 Å². The largest absolute Gasteiger partial charge is 0.492 e. The zero-order valence-electron chi connectivity index (χ0n) is 11.4. The van der Waals surface area contributed by atoms with Crippen molar-refractivity contribution in [2.45, 2.75) is 52.4 Å². The van der Waals surface area contributed by atoms with E-state index in [2.05, 4.69) is 11.9 Å². The van der Waals surface area contributed by atoms with Gasteiger partial charge in [-0.05, 0) is 19.4 Å². The summed E-state index contributed by atoms with van der Waals surface area (Å²) in [5.41, 5.74) is 0.663. The highest BCUT2D eigenvalue weighted by molar-refractivity contribution is 5.96. The third-order valence-corrected chi connectivity index (χ3v) is 2.85. The van der Waals surface area contributed by atoms with E-state index in [4.69, 9.17) is 4.74 Å². The molecule has 0 bridgehead atoms. The van der Waals surface area contributed by atoms with Crippen LogP contribution in [0.2, 0.25) is 0 Å². The molecular formula is C15H23NO2. The van der Waals surface area contributed by atoms with E-state index in [9.17, 15) is 4.79 Å². The molecule has 0 aliphatic heterocycles. The van der Waals surface area contributed by atoms with Gasteiger partial charge in [0.05, 0.1) is 12.8 Å². The van der Waals surface area contributed by atoms with Crippen LogP contribution in [0.1, 0.15) is 62.7 Å². The van der Waals surface area contributed by atoms with Crippen LogP contribution in [0.4, 0.5) is 0 Å². The maximum Gasteiger partial charge on any atom is 0.164 e. The minimum absolute atomic E-state index is 0.167. The maximum atomic E-state index is 11.9. The third kappa shape index (κ3) is 5.30. The molecule has 0 atom stereocenters. The number of hydrogen-bond donors (Lipinski definition) is 0. The van der Waals surface area contributed by atoms with Gasteiger partial charge in [0.25, 0.3) is 0 Å². The van der Waals surface area contributed by atoms with Gasteiger partial charge < -0.3 is 4.74 Å². The fraction of sp³-hybridized carbons (Fsp3) is 0.600. The molecule has 0 radical (unpaired) electrons. The Kier molecular flexibility index (Phi) is 7.07. The van der Waals surface area contributed by atoms with E-state index in [0.717, 1.165) is 12.8 Å². The molecule has 100 valence electrons. The first kappa shape index (κ1) is 14.7. The fourth-order valence-electron chi connectivity index (χ4n) is 1.85. The highest BCUT2D eigenvalue weighted by atomic mass is 16.5. The quantitative estimate of drug-likeness (QED) is 0.490. The second-order valence-electron chi connectivity index (χ2n) is 4.43. The summed E-state index contributed by atoms with van der Waals surface area (Å²) in [5, 5.41) is 0. The summed E-state index contributed by atoms with van der Waals surface area (Å²) in [6.45, 7) is 4.70. The number of nitrogens with zero attached hydrogens (tertiary/aromatic N) is 1. The lowest BCUT2D eigenvalue weighted by Gasteiger charge is -2.05. The van der Waals surface area contributed by atoms with Crippen molar-refractivity contribution in [1.29, 1.82) is 0 Å². The predicted octanol–water partition coefficient (Wildman–Crippen LogP) is 4.02. The zero-order valence-corrected chi connectivity index (χ0v) is 11.4. The van der Waals surface area contributed by atoms with Crippen LogP contribution in [-0.4, -0.2) is 17.4 Å². The van der Waals surface area contributed by atoms with Crippen molar-refractivity contribution in [3.05, 3.63) is 24.0 Å². The Morgan fingerprint density at radius 3 is 2.67 bits per heavy atom. The number of carbonyl (C=O) groups is 1. The molecule has 0 aliphatic carbocycles. The van der Waals surface area contributed by atoms with E-state index >= 15 is 0 Å². The van der Waals surface area contributed by atoms with Gasteiger partial charge in [-0.1, -0.05) is 32.6 Å². The lowest BCUT2D eigenvalue weighted by molar-refractivity contribution is 0.0978. The second kappa shape index (κ2) is 8.67. The van der Waals surface area contributed by atoms with Gasteiger partial charge >= 0.3 is 0 Å². The number of pyridine rings is 1. The SMILES string of the molecule is CCCCCCCC(=O)c1cncc(OCC)c1. The van der Waals surface area contributed by atoms with Crippen molar-refractivity contribution in [2.75, 3.05) is 6.61 Å². The van der Waals surface area contributed by atoms with Crippen LogP contribution in [-0.2, 0) is 0 Å². The molecule has 3 heteroatoms. The summed E-state index contributed by atoms with van der Waals surface area (Å²) in [5.74, 6) is 0.842. The van der Waals surface area contributed by atoms with E-state index in [1.165, 1.54) is 19.3 Å². The van der Waals surface area contributed by atoms with Crippen molar-refractivity contribution < 1.29 is 9.53 Å². The number of ether oxygens (including phenoxy) is 1. The van der Waals surface area contributed by atoms with E-state index in [1.807, 2.05) is 6.92 Å². The molecule has 0 aliphatic rings. The number of rotatable bonds is 9. The van der Waals surface area contributed by atoms with Gasteiger partial charge in [-0.2, -0.15) is 0 Å². The van der Waals surface area contributed by atoms with Gasteiger partial charge in [-0.25, -0.2) is 0 Å². The summed E-state index contributed by atoms with van der Waals surface area (Å²) in [4.78, 5) is 16.0. The van der Waals surface area contributed by atoms with Gasteiger partial charge in [0.2, 0.25) is 0 Å². The van der Waals surface area contributed by atoms with Crippen LogP contribution in [0.3, 0.4) is 0 Å². The van der Waals surface area contributed by atoms with Crippen LogP contribution in [0, 0.1) is 0 Å². The normalized spacial score (nSPS) is 10.3.